The summed E-state index contributed by atoms with van der Waals surface area (Å²) >= 11 is 0. The molecule has 0 bridgehead atoms. The lowest BCUT2D eigenvalue weighted by molar-refractivity contribution is 0.271. The van der Waals surface area contributed by atoms with Crippen molar-refractivity contribution in [2.45, 2.75) is 91.6 Å². The van der Waals surface area contributed by atoms with Gasteiger partial charge in [0.1, 0.15) is 0 Å². The summed E-state index contributed by atoms with van der Waals surface area (Å²) in [6, 6.07) is 20.6. The molecule has 2 aromatic carbocycles. The zero-order valence-electron chi connectivity index (χ0n) is 31.0. The Morgan fingerprint density at radius 2 is 0.962 bits per heavy atom. The third kappa shape index (κ3) is 9.50. The van der Waals surface area contributed by atoms with Crippen molar-refractivity contribution in [1.82, 2.24) is 39.0 Å². The summed E-state index contributed by atoms with van der Waals surface area (Å²) in [5, 5.41) is 32.1. The molecule has 0 radical (unpaired) electrons. The van der Waals surface area contributed by atoms with E-state index >= 15 is 0 Å². The van der Waals surface area contributed by atoms with Gasteiger partial charge in [0.15, 0.2) is 34.0 Å². The topological polar surface area (TPSA) is 176 Å². The van der Waals surface area contributed by atoms with Crippen molar-refractivity contribution in [1.29, 1.82) is 0 Å². The van der Waals surface area contributed by atoms with Crippen LogP contribution in [0.2, 0.25) is 0 Å². The van der Waals surface area contributed by atoms with E-state index in [0.29, 0.717) is 36.6 Å². The number of fused-ring (bicyclic) bond motifs is 2. The Balaban J connectivity index is 0.000000201. The first-order valence-corrected chi connectivity index (χ1v) is 18.0. The first-order chi connectivity index (χ1) is 25.2. The van der Waals surface area contributed by atoms with E-state index in [4.69, 9.17) is 0 Å². The van der Waals surface area contributed by atoms with Gasteiger partial charge in [-0.25, -0.2) is 9.97 Å². The van der Waals surface area contributed by atoms with E-state index in [1.807, 2.05) is 59.4 Å². The van der Waals surface area contributed by atoms with Crippen molar-refractivity contribution in [3.8, 4) is 0 Å². The number of benzene rings is 2. The van der Waals surface area contributed by atoms with Crippen molar-refractivity contribution in [3.63, 3.8) is 0 Å². The summed E-state index contributed by atoms with van der Waals surface area (Å²) < 4.78 is 4.05. The molecule has 0 aliphatic heterocycles. The molecule has 2 atom stereocenters. The molecule has 0 aliphatic rings. The molecule has 0 amide bonds. The van der Waals surface area contributed by atoms with E-state index < -0.39 is 0 Å². The van der Waals surface area contributed by atoms with E-state index in [-0.39, 0.29) is 37.4 Å². The van der Waals surface area contributed by atoms with E-state index in [1.54, 1.807) is 12.7 Å². The molecule has 14 heteroatoms. The maximum absolute atomic E-state index is 9.47. The normalized spacial score (nSPS) is 12.5. The van der Waals surface area contributed by atoms with Gasteiger partial charge in [-0.3, -0.25) is 0 Å². The molecule has 0 saturated carbocycles. The fourth-order valence-corrected chi connectivity index (χ4v) is 5.45. The summed E-state index contributed by atoms with van der Waals surface area (Å²) in [5.41, 5.74) is 5.38. The lowest BCUT2D eigenvalue weighted by Crippen LogP contribution is -2.24. The van der Waals surface area contributed by atoms with Crippen LogP contribution in [0.15, 0.2) is 73.3 Å². The number of aliphatic hydroxyl groups excluding tert-OH is 2. The van der Waals surface area contributed by atoms with Gasteiger partial charge in [0.05, 0.1) is 38.0 Å². The second kappa shape index (κ2) is 18.2. The van der Waals surface area contributed by atoms with Gasteiger partial charge >= 0.3 is 0 Å². The molecule has 4 heterocycles. The van der Waals surface area contributed by atoms with E-state index in [1.165, 1.54) is 11.1 Å². The van der Waals surface area contributed by atoms with Gasteiger partial charge in [-0.1, -0.05) is 74.5 Å². The SMILES string of the molecule is CC[C@@H](CO)Nc1nc(NCc2ccccc2)c2ncn(C(C)C)c2n1.CC[C@@H](CO)Nc1nc(NCc2ccccc2)c2ncn(C(C)C)c2n1. The second-order valence-corrected chi connectivity index (χ2v) is 13.2. The van der Waals surface area contributed by atoms with Crippen LogP contribution < -0.4 is 21.3 Å². The van der Waals surface area contributed by atoms with E-state index in [2.05, 4.69) is 103 Å². The first kappa shape index (κ1) is 37.9. The highest BCUT2D eigenvalue weighted by molar-refractivity contribution is 5.85. The Morgan fingerprint density at radius 1 is 0.577 bits per heavy atom. The second-order valence-electron chi connectivity index (χ2n) is 13.2. The van der Waals surface area contributed by atoms with Crippen LogP contribution in [0.5, 0.6) is 0 Å². The van der Waals surface area contributed by atoms with Crippen molar-refractivity contribution in [2.75, 3.05) is 34.5 Å². The highest BCUT2D eigenvalue weighted by Gasteiger charge is 2.18. The maximum Gasteiger partial charge on any atom is 0.227 e. The molecule has 6 aromatic rings. The Bertz CT molecular complexity index is 1830. The molecule has 0 aliphatic carbocycles. The number of nitrogens with one attached hydrogen (secondary N) is 4. The number of anilines is 4. The van der Waals surface area contributed by atoms with Gasteiger partial charge in [-0.2, -0.15) is 19.9 Å². The number of rotatable bonds is 16. The van der Waals surface area contributed by atoms with E-state index in [0.717, 1.165) is 35.2 Å². The lowest BCUT2D eigenvalue weighted by Gasteiger charge is -2.16. The van der Waals surface area contributed by atoms with Gasteiger partial charge in [0.25, 0.3) is 0 Å². The van der Waals surface area contributed by atoms with Crippen LogP contribution in [-0.2, 0) is 13.1 Å². The van der Waals surface area contributed by atoms with Crippen LogP contribution in [0, 0.1) is 0 Å². The molecule has 0 fully saturated rings. The summed E-state index contributed by atoms with van der Waals surface area (Å²) in [7, 11) is 0. The number of hydrogen-bond acceptors (Lipinski definition) is 12. The van der Waals surface area contributed by atoms with Crippen LogP contribution in [0.25, 0.3) is 22.3 Å². The zero-order chi connectivity index (χ0) is 37.0. The summed E-state index contributed by atoms with van der Waals surface area (Å²) in [6.45, 7) is 13.8. The Hall–Kier alpha value is -5.34. The third-order valence-electron chi connectivity index (χ3n) is 8.65. The van der Waals surface area contributed by atoms with Crippen LogP contribution in [-0.4, -0.2) is 74.5 Å². The highest BCUT2D eigenvalue weighted by atomic mass is 16.3. The van der Waals surface area contributed by atoms with Gasteiger partial charge in [0, 0.05) is 25.2 Å². The minimum atomic E-state index is -0.0788. The molecule has 4 aromatic heterocycles. The summed E-state index contributed by atoms with van der Waals surface area (Å²) in [5.74, 6) is 2.37. The van der Waals surface area contributed by atoms with Crippen LogP contribution in [0.4, 0.5) is 23.5 Å². The van der Waals surface area contributed by atoms with Crippen LogP contribution in [0.3, 0.4) is 0 Å². The first-order valence-electron chi connectivity index (χ1n) is 18.0. The Morgan fingerprint density at radius 3 is 1.29 bits per heavy atom. The molecule has 0 spiro atoms. The number of nitrogens with zero attached hydrogens (tertiary/aromatic N) is 8. The van der Waals surface area contributed by atoms with Crippen LogP contribution in [0.1, 0.15) is 77.6 Å². The van der Waals surface area contributed by atoms with Gasteiger partial charge < -0.3 is 40.6 Å². The number of hydrogen-bond donors (Lipinski definition) is 6. The zero-order valence-corrected chi connectivity index (χ0v) is 31.0. The smallest absolute Gasteiger partial charge is 0.227 e. The Labute approximate surface area is 305 Å². The summed E-state index contributed by atoms with van der Waals surface area (Å²) in [4.78, 5) is 27.5. The lowest BCUT2D eigenvalue weighted by atomic mass is 10.2. The monoisotopic (exact) mass is 708 g/mol. The molecule has 0 saturated heterocycles. The maximum atomic E-state index is 9.47. The number of aromatic nitrogens is 8. The number of aliphatic hydroxyl groups is 2. The number of imidazole rings is 2. The molecule has 6 N–H and O–H groups in total. The largest absolute Gasteiger partial charge is 0.394 e. The Kier molecular flexibility index (Phi) is 13.3. The molecular weight excluding hydrogens is 656 g/mol. The van der Waals surface area contributed by atoms with Crippen LogP contribution >= 0.6 is 0 Å². The molecular formula is C38H52N12O2. The third-order valence-corrected chi connectivity index (χ3v) is 8.65. The molecule has 0 unspecified atom stereocenters. The van der Waals surface area contributed by atoms with Gasteiger partial charge in [-0.15, -0.1) is 0 Å². The van der Waals surface area contributed by atoms with Gasteiger partial charge in [-0.05, 0) is 51.7 Å². The van der Waals surface area contributed by atoms with Gasteiger partial charge in [0.2, 0.25) is 11.9 Å². The molecule has 14 nitrogen and oxygen atoms in total. The molecule has 52 heavy (non-hydrogen) atoms. The highest BCUT2D eigenvalue weighted by Crippen LogP contribution is 2.26. The average molecular weight is 709 g/mol. The van der Waals surface area contributed by atoms with Crippen molar-refractivity contribution in [3.05, 3.63) is 84.4 Å². The predicted octanol–water partition coefficient (Wildman–Crippen LogP) is 6.40. The van der Waals surface area contributed by atoms with Crippen molar-refractivity contribution >= 4 is 45.9 Å². The fourth-order valence-electron chi connectivity index (χ4n) is 5.45. The predicted molar refractivity (Wildman–Crippen MR) is 209 cm³/mol. The minimum Gasteiger partial charge on any atom is -0.394 e. The minimum absolute atomic E-state index is 0.0358. The van der Waals surface area contributed by atoms with Crippen molar-refractivity contribution < 1.29 is 10.2 Å². The molecule has 6 rings (SSSR count). The fraction of sp³-hybridized carbons (Fsp3) is 0.421. The quantitative estimate of drug-likeness (QED) is 0.0653. The average Bonchev–Trinajstić information content (AvgIpc) is 3.80. The summed E-state index contributed by atoms with van der Waals surface area (Å²) in [6.07, 6.45) is 5.16. The van der Waals surface area contributed by atoms with Crippen molar-refractivity contribution in [2.24, 2.45) is 0 Å². The van der Waals surface area contributed by atoms with E-state index in [9.17, 15) is 10.2 Å². The molecule has 276 valence electrons. The standard InChI is InChI=1S/2C19H26N6O/c2*1-4-15(11-26)22-19-23-17(20-10-14-8-6-5-7-9-14)16-18(24-19)25(12-21-16)13(2)3/h2*5-9,12-13,15,26H,4,10-11H2,1-3H3,(H2,20,22,23,24)/t2*15-/m00/s1.